The number of benzene rings is 1. The second-order valence-electron chi connectivity index (χ2n) is 4.08. The molecular formula is C13H16FNO. The smallest absolute Gasteiger partial charge is 0.253 e. The van der Waals surface area contributed by atoms with E-state index in [1.165, 1.54) is 12.1 Å². The Morgan fingerprint density at radius 2 is 2.12 bits per heavy atom. The van der Waals surface area contributed by atoms with Gasteiger partial charge in [0.05, 0.1) is 0 Å². The maximum absolute atomic E-state index is 13.0. The molecule has 1 amide bonds. The van der Waals surface area contributed by atoms with Crippen LogP contribution in [0.1, 0.15) is 22.8 Å². The van der Waals surface area contributed by atoms with Crippen molar-refractivity contribution in [1.29, 1.82) is 0 Å². The van der Waals surface area contributed by atoms with Gasteiger partial charge in [0.1, 0.15) is 5.82 Å². The van der Waals surface area contributed by atoms with Gasteiger partial charge in [0.2, 0.25) is 0 Å². The Bertz CT molecular complexity index is 426. The Morgan fingerprint density at radius 1 is 1.50 bits per heavy atom. The molecule has 0 aromatic heterocycles. The average Bonchev–Trinajstić information content (AvgIpc) is 2.20. The van der Waals surface area contributed by atoms with E-state index in [4.69, 9.17) is 0 Å². The second-order valence-corrected chi connectivity index (χ2v) is 4.08. The molecule has 0 saturated carbocycles. The van der Waals surface area contributed by atoms with Gasteiger partial charge in [-0.3, -0.25) is 4.79 Å². The third-order valence-electron chi connectivity index (χ3n) is 2.26. The third-order valence-corrected chi connectivity index (χ3v) is 2.26. The lowest BCUT2D eigenvalue weighted by atomic mass is 10.1. The van der Waals surface area contributed by atoms with Crippen molar-refractivity contribution in [2.45, 2.75) is 13.8 Å². The minimum absolute atomic E-state index is 0.119. The first-order chi connectivity index (χ1) is 7.41. The van der Waals surface area contributed by atoms with Gasteiger partial charge in [-0.2, -0.15) is 0 Å². The van der Waals surface area contributed by atoms with Crippen LogP contribution in [0, 0.1) is 12.7 Å². The standard InChI is InChI=1S/C13H16FNO/c1-9(2)8-15(4)13(16)11-5-6-12(14)10(3)7-11/h5-7H,1,8H2,2-4H3. The van der Waals surface area contributed by atoms with Gasteiger partial charge in [-0.05, 0) is 37.6 Å². The maximum Gasteiger partial charge on any atom is 0.253 e. The summed E-state index contributed by atoms with van der Waals surface area (Å²) in [7, 11) is 1.70. The van der Waals surface area contributed by atoms with Crippen molar-refractivity contribution >= 4 is 5.91 Å². The highest BCUT2D eigenvalue weighted by Gasteiger charge is 2.12. The van der Waals surface area contributed by atoms with Gasteiger partial charge in [-0.15, -0.1) is 0 Å². The van der Waals surface area contributed by atoms with Crippen molar-refractivity contribution in [2.24, 2.45) is 0 Å². The number of aryl methyl sites for hydroxylation is 1. The predicted molar refractivity (Wildman–Crippen MR) is 62.9 cm³/mol. The lowest BCUT2D eigenvalue weighted by molar-refractivity contribution is 0.0807. The molecule has 0 radical (unpaired) electrons. The summed E-state index contributed by atoms with van der Waals surface area (Å²) < 4.78 is 13.0. The third kappa shape index (κ3) is 2.92. The Balaban J connectivity index is 2.88. The Kier molecular flexibility index (Phi) is 3.82. The molecule has 1 aromatic carbocycles. The van der Waals surface area contributed by atoms with E-state index >= 15 is 0 Å². The van der Waals surface area contributed by atoms with Crippen molar-refractivity contribution in [3.05, 3.63) is 47.3 Å². The van der Waals surface area contributed by atoms with E-state index in [-0.39, 0.29) is 11.7 Å². The topological polar surface area (TPSA) is 20.3 Å². The predicted octanol–water partition coefficient (Wildman–Crippen LogP) is 2.78. The SMILES string of the molecule is C=C(C)CN(C)C(=O)c1ccc(F)c(C)c1. The number of nitrogens with zero attached hydrogens (tertiary/aromatic N) is 1. The van der Waals surface area contributed by atoms with E-state index in [1.807, 2.05) is 6.92 Å². The summed E-state index contributed by atoms with van der Waals surface area (Å²) in [6.07, 6.45) is 0. The highest BCUT2D eigenvalue weighted by atomic mass is 19.1. The van der Waals surface area contributed by atoms with E-state index in [1.54, 1.807) is 24.9 Å². The molecule has 0 N–H and O–H groups in total. The maximum atomic E-state index is 13.0. The van der Waals surface area contributed by atoms with Gasteiger partial charge in [0.15, 0.2) is 0 Å². The monoisotopic (exact) mass is 221 g/mol. The van der Waals surface area contributed by atoms with E-state index in [9.17, 15) is 9.18 Å². The molecule has 0 bridgehead atoms. The molecule has 0 fully saturated rings. The number of amides is 1. The number of hydrogen-bond acceptors (Lipinski definition) is 1. The lowest BCUT2D eigenvalue weighted by Crippen LogP contribution is -2.28. The normalized spacial score (nSPS) is 10.0. The number of carbonyl (C=O) groups excluding carboxylic acids is 1. The summed E-state index contributed by atoms with van der Waals surface area (Å²) in [5, 5.41) is 0. The van der Waals surface area contributed by atoms with Crippen LogP contribution in [0.15, 0.2) is 30.4 Å². The number of carbonyl (C=O) groups is 1. The summed E-state index contributed by atoms with van der Waals surface area (Å²) in [4.78, 5) is 13.5. The molecule has 0 spiro atoms. The first-order valence-corrected chi connectivity index (χ1v) is 5.08. The average molecular weight is 221 g/mol. The second kappa shape index (κ2) is 4.92. The highest BCUT2D eigenvalue weighted by molar-refractivity contribution is 5.94. The van der Waals surface area contributed by atoms with Crippen LogP contribution in [0.4, 0.5) is 4.39 Å². The van der Waals surface area contributed by atoms with Crippen LogP contribution in [-0.4, -0.2) is 24.4 Å². The van der Waals surface area contributed by atoms with Crippen LogP contribution >= 0.6 is 0 Å². The molecule has 1 rings (SSSR count). The first kappa shape index (κ1) is 12.4. The number of hydrogen-bond donors (Lipinski definition) is 0. The quantitative estimate of drug-likeness (QED) is 0.719. The fourth-order valence-corrected chi connectivity index (χ4v) is 1.47. The largest absolute Gasteiger partial charge is 0.338 e. The lowest BCUT2D eigenvalue weighted by Gasteiger charge is -2.17. The molecule has 0 saturated heterocycles. The van der Waals surface area contributed by atoms with Gasteiger partial charge in [-0.1, -0.05) is 12.2 Å². The van der Waals surface area contributed by atoms with Gasteiger partial charge >= 0.3 is 0 Å². The van der Waals surface area contributed by atoms with Crippen molar-refractivity contribution in [3.63, 3.8) is 0 Å². The summed E-state index contributed by atoms with van der Waals surface area (Å²) in [5.41, 5.74) is 1.90. The first-order valence-electron chi connectivity index (χ1n) is 5.08. The van der Waals surface area contributed by atoms with Crippen LogP contribution in [0.5, 0.6) is 0 Å². The van der Waals surface area contributed by atoms with Crippen molar-refractivity contribution < 1.29 is 9.18 Å². The molecule has 1 aromatic rings. The molecule has 0 atom stereocenters. The van der Waals surface area contributed by atoms with E-state index in [2.05, 4.69) is 6.58 Å². The van der Waals surface area contributed by atoms with Gasteiger partial charge < -0.3 is 4.90 Å². The van der Waals surface area contributed by atoms with Gasteiger partial charge in [0.25, 0.3) is 5.91 Å². The zero-order chi connectivity index (χ0) is 12.3. The summed E-state index contributed by atoms with van der Waals surface area (Å²) in [5.74, 6) is -0.412. The molecular weight excluding hydrogens is 205 g/mol. The van der Waals surface area contributed by atoms with Crippen LogP contribution in [0.2, 0.25) is 0 Å². The summed E-state index contributed by atoms with van der Waals surface area (Å²) in [6.45, 7) is 7.76. The number of rotatable bonds is 3. The van der Waals surface area contributed by atoms with Crippen LogP contribution in [0.25, 0.3) is 0 Å². The number of halogens is 1. The molecule has 0 aliphatic carbocycles. The molecule has 86 valence electrons. The van der Waals surface area contributed by atoms with Crippen molar-refractivity contribution in [3.8, 4) is 0 Å². The van der Waals surface area contributed by atoms with Crippen molar-refractivity contribution in [2.75, 3.05) is 13.6 Å². The fraction of sp³-hybridized carbons (Fsp3) is 0.308. The zero-order valence-electron chi connectivity index (χ0n) is 9.88. The van der Waals surface area contributed by atoms with E-state index in [0.717, 1.165) is 5.57 Å². The molecule has 3 heteroatoms. The van der Waals surface area contributed by atoms with Gasteiger partial charge in [-0.25, -0.2) is 4.39 Å². The minimum atomic E-state index is -0.292. The molecule has 0 heterocycles. The minimum Gasteiger partial charge on any atom is -0.338 e. The van der Waals surface area contributed by atoms with Crippen LogP contribution < -0.4 is 0 Å². The Labute approximate surface area is 95.4 Å². The van der Waals surface area contributed by atoms with E-state index in [0.29, 0.717) is 17.7 Å². The zero-order valence-corrected chi connectivity index (χ0v) is 9.88. The Hall–Kier alpha value is -1.64. The van der Waals surface area contributed by atoms with Gasteiger partial charge in [0, 0.05) is 19.2 Å². The molecule has 0 aliphatic heterocycles. The molecule has 0 unspecified atom stereocenters. The van der Waals surface area contributed by atoms with Crippen molar-refractivity contribution in [1.82, 2.24) is 4.90 Å². The van der Waals surface area contributed by atoms with Crippen LogP contribution in [-0.2, 0) is 0 Å². The molecule has 16 heavy (non-hydrogen) atoms. The molecule has 2 nitrogen and oxygen atoms in total. The highest BCUT2D eigenvalue weighted by Crippen LogP contribution is 2.11. The number of likely N-dealkylation sites (N-methyl/N-ethyl adjacent to an activating group) is 1. The summed E-state index contributed by atoms with van der Waals surface area (Å²) in [6, 6.07) is 4.38. The fourth-order valence-electron chi connectivity index (χ4n) is 1.47. The van der Waals surface area contributed by atoms with Crippen LogP contribution in [0.3, 0.4) is 0 Å². The van der Waals surface area contributed by atoms with E-state index < -0.39 is 0 Å². The Morgan fingerprint density at radius 3 is 2.62 bits per heavy atom. The summed E-state index contributed by atoms with van der Waals surface area (Å²) >= 11 is 0. The molecule has 0 aliphatic rings.